The first kappa shape index (κ1) is 33.8. The van der Waals surface area contributed by atoms with Gasteiger partial charge in [0.2, 0.25) is 5.88 Å². The summed E-state index contributed by atoms with van der Waals surface area (Å²) in [5, 5.41) is 15.3. The molecule has 13 nitrogen and oxygen atoms in total. The number of aromatic nitrogens is 5. The number of pyridine rings is 1. The van der Waals surface area contributed by atoms with Crippen LogP contribution in [0.15, 0.2) is 47.1 Å². The molecule has 0 radical (unpaired) electrons. The van der Waals surface area contributed by atoms with Crippen LogP contribution in [0.25, 0.3) is 22.1 Å². The van der Waals surface area contributed by atoms with E-state index in [1.807, 2.05) is 17.8 Å². The Bertz CT molecular complexity index is 2240. The number of morpholine rings is 1. The average Bonchev–Trinajstić information content (AvgIpc) is 3.81. The summed E-state index contributed by atoms with van der Waals surface area (Å²) >= 11 is 0. The summed E-state index contributed by atoms with van der Waals surface area (Å²) in [7, 11) is 1.90. The number of furan rings is 1. The molecule has 0 bridgehead atoms. The van der Waals surface area contributed by atoms with Crippen LogP contribution in [0.5, 0.6) is 5.88 Å². The third-order valence-corrected chi connectivity index (χ3v) is 10.2. The third-order valence-electron chi connectivity index (χ3n) is 10.2. The Labute approximate surface area is 297 Å². The molecule has 52 heavy (non-hydrogen) atoms. The maximum atomic E-state index is 14.1. The van der Waals surface area contributed by atoms with Crippen LogP contribution in [-0.2, 0) is 21.3 Å². The molecule has 8 rings (SSSR count). The second-order valence-corrected chi connectivity index (χ2v) is 13.8. The lowest BCUT2D eigenvalue weighted by molar-refractivity contribution is -0.228. The highest BCUT2D eigenvalue weighted by atomic mass is 19.3. The molecule has 1 spiro atoms. The normalized spacial score (nSPS) is 21.3. The number of alkyl halides is 2. The number of carboxylic acids is 1. The fourth-order valence-corrected chi connectivity index (χ4v) is 7.47. The molecule has 0 amide bonds. The number of benzene rings is 1. The third kappa shape index (κ3) is 5.75. The van der Waals surface area contributed by atoms with Crippen LogP contribution in [0.2, 0.25) is 0 Å². The molecule has 3 fully saturated rings. The molecular formula is C37H37F2N7O6. The second-order valence-electron chi connectivity index (χ2n) is 13.8. The Morgan fingerprint density at radius 2 is 1.94 bits per heavy atom. The smallest absolute Gasteiger partial charge is 0.326 e. The van der Waals surface area contributed by atoms with Gasteiger partial charge >= 0.3 is 5.97 Å². The SMILES string of the molecule is CC(C)c1c(C#Cc2cnc(O[C@H]3C[C@@H](C(=O)O)N(c4nc(C(F)F)nc5c4oc4ccccc45)C3)c(N3CCOC4(COC4)[C@@H]3C)c2)cnn1C. The number of aliphatic carboxylic acids is 1. The molecule has 3 aliphatic rings. The van der Waals surface area contributed by atoms with E-state index in [4.69, 9.17) is 23.6 Å². The number of fused-ring (bicyclic) bond motifs is 3. The van der Waals surface area contributed by atoms with E-state index in [1.165, 1.54) is 4.90 Å². The zero-order valence-corrected chi connectivity index (χ0v) is 29.0. The topological polar surface area (TPSA) is 141 Å². The molecule has 3 saturated heterocycles. The number of anilines is 2. The van der Waals surface area contributed by atoms with Gasteiger partial charge in [0.15, 0.2) is 17.2 Å². The molecule has 270 valence electrons. The van der Waals surface area contributed by atoms with Gasteiger partial charge in [0.05, 0.1) is 49.9 Å². The zero-order chi connectivity index (χ0) is 36.3. The standard InChI is InChI=1S/C37H37F2N7O6/c1-20(2)30-23(16-41-44(30)4)10-9-22-13-26(45-11-12-50-37(21(45)3)18-49-19-37)35(40-15-22)51-24-14-27(36(47)48)46(17-24)34-31-29(42-33(43-34)32(38)39)25-7-5-6-8-28(25)52-31/h5-8,13,15-16,20-21,24,27,32H,11-12,14,17-19H2,1-4H3,(H,47,48)/t21-,24-,27-/m0/s1. The van der Waals surface area contributed by atoms with E-state index in [9.17, 15) is 18.7 Å². The minimum Gasteiger partial charge on any atom is -0.480 e. The van der Waals surface area contributed by atoms with Crippen molar-refractivity contribution >= 4 is 39.5 Å². The lowest BCUT2D eigenvalue weighted by Gasteiger charge is -2.53. The maximum Gasteiger partial charge on any atom is 0.326 e. The van der Waals surface area contributed by atoms with Gasteiger partial charge < -0.3 is 33.5 Å². The fourth-order valence-electron chi connectivity index (χ4n) is 7.47. The Morgan fingerprint density at radius 3 is 2.67 bits per heavy atom. The van der Waals surface area contributed by atoms with Crippen LogP contribution in [0.3, 0.4) is 0 Å². The Hall–Kier alpha value is -5.33. The van der Waals surface area contributed by atoms with Crippen molar-refractivity contribution in [1.29, 1.82) is 0 Å². The molecule has 15 heteroatoms. The summed E-state index contributed by atoms with van der Waals surface area (Å²) in [5.41, 5.74) is 3.44. The average molecular weight is 714 g/mol. The molecule has 1 aromatic carbocycles. The number of para-hydroxylation sites is 1. The molecule has 1 N–H and O–H groups in total. The lowest BCUT2D eigenvalue weighted by Crippen LogP contribution is -2.68. The molecule has 0 saturated carbocycles. The van der Waals surface area contributed by atoms with Gasteiger partial charge in [-0.3, -0.25) is 4.68 Å². The number of carboxylic acid groups (broad SMARTS) is 1. The quantitative estimate of drug-likeness (QED) is 0.225. The minimum absolute atomic E-state index is 0.0148. The van der Waals surface area contributed by atoms with Crippen molar-refractivity contribution in [3.05, 3.63) is 65.4 Å². The summed E-state index contributed by atoms with van der Waals surface area (Å²) in [6.45, 7) is 8.20. The predicted octanol–water partition coefficient (Wildman–Crippen LogP) is 5.07. The number of nitrogens with zero attached hydrogens (tertiary/aromatic N) is 7. The molecule has 3 atom stereocenters. The van der Waals surface area contributed by atoms with E-state index in [0.717, 1.165) is 11.3 Å². The van der Waals surface area contributed by atoms with Crippen molar-refractivity contribution < 1.29 is 37.3 Å². The van der Waals surface area contributed by atoms with Gasteiger partial charge in [0.25, 0.3) is 6.43 Å². The van der Waals surface area contributed by atoms with Crippen LogP contribution in [0, 0.1) is 11.8 Å². The highest BCUT2D eigenvalue weighted by molar-refractivity contribution is 6.06. The van der Waals surface area contributed by atoms with Gasteiger partial charge in [0.1, 0.15) is 34.5 Å². The number of carbonyl (C=O) groups is 1. The number of rotatable bonds is 7. The van der Waals surface area contributed by atoms with Crippen molar-refractivity contribution in [2.45, 2.75) is 63.3 Å². The van der Waals surface area contributed by atoms with Crippen LogP contribution < -0.4 is 14.5 Å². The number of hydrogen-bond donors (Lipinski definition) is 1. The largest absolute Gasteiger partial charge is 0.480 e. The van der Waals surface area contributed by atoms with Crippen LogP contribution in [-0.4, -0.2) is 92.5 Å². The predicted molar refractivity (Wildman–Crippen MR) is 186 cm³/mol. The fraction of sp³-hybridized carbons (Fsp3) is 0.432. The summed E-state index contributed by atoms with van der Waals surface area (Å²) < 4.78 is 54.4. The van der Waals surface area contributed by atoms with Crippen LogP contribution in [0.4, 0.5) is 20.3 Å². The molecule has 0 unspecified atom stereocenters. The van der Waals surface area contributed by atoms with Gasteiger partial charge in [-0.05, 0) is 31.0 Å². The second kappa shape index (κ2) is 13.0. The first-order valence-corrected chi connectivity index (χ1v) is 17.2. The summed E-state index contributed by atoms with van der Waals surface area (Å²) in [5.74, 6) is 5.12. The molecular weight excluding hydrogens is 676 g/mol. The van der Waals surface area contributed by atoms with Gasteiger partial charge in [0, 0.05) is 37.2 Å². The summed E-state index contributed by atoms with van der Waals surface area (Å²) in [6, 6.07) is 7.59. The number of halogens is 2. The number of hydrogen-bond acceptors (Lipinski definition) is 11. The van der Waals surface area contributed by atoms with Crippen molar-refractivity contribution in [1.82, 2.24) is 24.7 Å². The molecule has 0 aliphatic carbocycles. The Balaban J connectivity index is 1.16. The van der Waals surface area contributed by atoms with Crippen LogP contribution >= 0.6 is 0 Å². The number of ether oxygens (including phenoxy) is 3. The highest BCUT2D eigenvalue weighted by Gasteiger charge is 2.50. The molecule has 4 aromatic heterocycles. The van der Waals surface area contributed by atoms with Gasteiger partial charge in [-0.15, -0.1) is 0 Å². The Morgan fingerprint density at radius 1 is 1.13 bits per heavy atom. The van der Waals surface area contributed by atoms with Gasteiger partial charge in [-0.25, -0.2) is 28.5 Å². The summed E-state index contributed by atoms with van der Waals surface area (Å²) in [6.07, 6.45) is -0.273. The van der Waals surface area contributed by atoms with E-state index in [-0.39, 0.29) is 41.8 Å². The van der Waals surface area contributed by atoms with Crippen molar-refractivity contribution in [2.75, 3.05) is 42.7 Å². The molecule has 5 aromatic rings. The van der Waals surface area contributed by atoms with E-state index in [1.54, 1.807) is 36.7 Å². The van der Waals surface area contributed by atoms with E-state index in [2.05, 4.69) is 52.6 Å². The van der Waals surface area contributed by atoms with Gasteiger partial charge in [-0.2, -0.15) is 5.10 Å². The van der Waals surface area contributed by atoms with E-state index in [0.29, 0.717) is 54.5 Å². The van der Waals surface area contributed by atoms with Gasteiger partial charge in [-0.1, -0.05) is 37.8 Å². The van der Waals surface area contributed by atoms with Crippen molar-refractivity contribution in [3.8, 4) is 17.7 Å². The maximum absolute atomic E-state index is 14.1. The number of aryl methyl sites for hydroxylation is 1. The highest BCUT2D eigenvalue weighted by Crippen LogP contribution is 2.41. The van der Waals surface area contributed by atoms with Crippen LogP contribution in [0.1, 0.15) is 62.2 Å². The zero-order valence-electron chi connectivity index (χ0n) is 29.0. The van der Waals surface area contributed by atoms with E-state index >= 15 is 0 Å². The van der Waals surface area contributed by atoms with Crippen molar-refractivity contribution in [3.63, 3.8) is 0 Å². The first-order chi connectivity index (χ1) is 25.0. The molecule has 3 aliphatic heterocycles. The minimum atomic E-state index is -2.99. The van der Waals surface area contributed by atoms with E-state index < -0.39 is 36.0 Å². The summed E-state index contributed by atoms with van der Waals surface area (Å²) in [4.78, 5) is 29.3. The Kier molecular flexibility index (Phi) is 8.46. The lowest BCUT2D eigenvalue weighted by atomic mass is 9.90. The molecule has 7 heterocycles. The first-order valence-electron chi connectivity index (χ1n) is 17.2. The monoisotopic (exact) mass is 713 g/mol. The van der Waals surface area contributed by atoms with Crippen molar-refractivity contribution in [2.24, 2.45) is 7.05 Å².